The van der Waals surface area contributed by atoms with Crippen LogP contribution in [-0.4, -0.2) is 50.5 Å². The second-order valence-electron chi connectivity index (χ2n) is 11.7. The first-order valence-corrected chi connectivity index (χ1v) is 12.6. The SMILES string of the molecule is Cc1nc2cc(C3CCC(C(F)(F)F)CC3)nn2c([C@@]2(C)CCCN(C(=O)OC(C)(C)C)C2)c1C. The van der Waals surface area contributed by atoms with Crippen LogP contribution in [0.4, 0.5) is 18.0 Å². The first-order chi connectivity index (χ1) is 16.2. The number of rotatable bonds is 2. The smallest absolute Gasteiger partial charge is 0.410 e. The van der Waals surface area contributed by atoms with Crippen molar-refractivity contribution in [3.8, 4) is 0 Å². The maximum absolute atomic E-state index is 13.1. The summed E-state index contributed by atoms with van der Waals surface area (Å²) in [7, 11) is 0. The van der Waals surface area contributed by atoms with Gasteiger partial charge in [-0.05, 0) is 78.7 Å². The Hall–Kier alpha value is -2.32. The number of fused-ring (bicyclic) bond motifs is 1. The molecule has 35 heavy (non-hydrogen) atoms. The summed E-state index contributed by atoms with van der Waals surface area (Å²) < 4.78 is 46.9. The molecule has 1 saturated carbocycles. The van der Waals surface area contributed by atoms with E-state index in [1.807, 2.05) is 45.2 Å². The molecule has 3 heterocycles. The molecule has 1 aliphatic carbocycles. The van der Waals surface area contributed by atoms with Crippen LogP contribution in [0, 0.1) is 19.8 Å². The number of aryl methyl sites for hydroxylation is 1. The van der Waals surface area contributed by atoms with Gasteiger partial charge in [0, 0.05) is 36.2 Å². The summed E-state index contributed by atoms with van der Waals surface area (Å²) in [6.45, 7) is 12.9. The normalized spacial score (nSPS) is 26.3. The third kappa shape index (κ3) is 5.28. The molecule has 0 radical (unpaired) electrons. The van der Waals surface area contributed by atoms with Gasteiger partial charge in [-0.15, -0.1) is 0 Å². The van der Waals surface area contributed by atoms with Crippen LogP contribution in [0.3, 0.4) is 0 Å². The Labute approximate surface area is 205 Å². The van der Waals surface area contributed by atoms with E-state index in [-0.39, 0.29) is 30.3 Å². The largest absolute Gasteiger partial charge is 0.444 e. The quantitative estimate of drug-likeness (QED) is 0.480. The molecule has 2 aliphatic rings. The van der Waals surface area contributed by atoms with Crippen LogP contribution in [-0.2, 0) is 10.2 Å². The molecule has 1 aliphatic heterocycles. The Morgan fingerprint density at radius 2 is 1.80 bits per heavy atom. The van der Waals surface area contributed by atoms with Gasteiger partial charge in [0.05, 0.1) is 17.3 Å². The van der Waals surface area contributed by atoms with E-state index in [2.05, 4.69) is 6.92 Å². The highest BCUT2D eigenvalue weighted by molar-refractivity contribution is 5.68. The highest BCUT2D eigenvalue weighted by Gasteiger charge is 2.43. The summed E-state index contributed by atoms with van der Waals surface area (Å²) in [5.41, 5.74) is 3.55. The second kappa shape index (κ2) is 8.96. The summed E-state index contributed by atoms with van der Waals surface area (Å²) in [6.07, 6.45) is -1.47. The zero-order valence-corrected chi connectivity index (χ0v) is 21.6. The van der Waals surface area contributed by atoms with Gasteiger partial charge < -0.3 is 9.64 Å². The Bertz CT molecular complexity index is 1100. The molecule has 4 rings (SSSR count). The first-order valence-electron chi connectivity index (χ1n) is 12.6. The molecular weight excluding hydrogens is 457 g/mol. The summed E-state index contributed by atoms with van der Waals surface area (Å²) in [5.74, 6) is -1.21. The minimum atomic E-state index is -4.12. The van der Waals surface area contributed by atoms with Crippen LogP contribution in [0.5, 0.6) is 0 Å². The predicted octanol–water partition coefficient (Wildman–Crippen LogP) is 6.47. The van der Waals surface area contributed by atoms with Crippen LogP contribution in [0.2, 0.25) is 0 Å². The van der Waals surface area contributed by atoms with Crippen molar-refractivity contribution in [2.45, 2.75) is 103 Å². The zero-order chi connectivity index (χ0) is 25.8. The average Bonchev–Trinajstić information content (AvgIpc) is 3.15. The molecular formula is C26H37F3N4O2. The van der Waals surface area contributed by atoms with Crippen LogP contribution in [0.25, 0.3) is 5.65 Å². The molecule has 9 heteroatoms. The summed E-state index contributed by atoms with van der Waals surface area (Å²) in [4.78, 5) is 19.4. The van der Waals surface area contributed by atoms with Crippen molar-refractivity contribution in [3.63, 3.8) is 0 Å². The first kappa shape index (κ1) is 25.8. The summed E-state index contributed by atoms with van der Waals surface area (Å²) in [6, 6.07) is 1.94. The minimum Gasteiger partial charge on any atom is -0.444 e. The molecule has 0 N–H and O–H groups in total. The van der Waals surface area contributed by atoms with Crippen LogP contribution in [0.1, 0.15) is 94.8 Å². The van der Waals surface area contributed by atoms with Crippen molar-refractivity contribution in [1.82, 2.24) is 19.5 Å². The standard InChI is InChI=1S/C26H37F3N4O2/c1-16-17(2)30-21-14-20(18-8-10-19(11-9-18)26(27,28)29)31-33(21)22(16)25(6)12-7-13-32(15-25)23(34)35-24(3,4)5/h14,18-19H,7-13,15H2,1-6H3/t18?,19?,25-/m0/s1. The molecule has 1 amide bonds. The van der Waals surface area contributed by atoms with Crippen LogP contribution in [0.15, 0.2) is 6.07 Å². The van der Waals surface area contributed by atoms with Gasteiger partial charge in [0.1, 0.15) is 5.60 Å². The minimum absolute atomic E-state index is 0.00110. The second-order valence-corrected chi connectivity index (χ2v) is 11.7. The fourth-order valence-corrected chi connectivity index (χ4v) is 5.76. The van der Waals surface area contributed by atoms with Gasteiger partial charge >= 0.3 is 12.3 Å². The maximum atomic E-state index is 13.1. The van der Waals surface area contributed by atoms with E-state index in [0.29, 0.717) is 31.6 Å². The van der Waals surface area contributed by atoms with Crippen molar-refractivity contribution >= 4 is 11.7 Å². The van der Waals surface area contributed by atoms with Crippen molar-refractivity contribution < 1.29 is 22.7 Å². The van der Waals surface area contributed by atoms with Gasteiger partial charge in [-0.25, -0.2) is 14.3 Å². The average molecular weight is 495 g/mol. The van der Waals surface area contributed by atoms with E-state index < -0.39 is 17.7 Å². The van der Waals surface area contributed by atoms with Gasteiger partial charge in [0.25, 0.3) is 0 Å². The van der Waals surface area contributed by atoms with Gasteiger partial charge in [-0.2, -0.15) is 18.3 Å². The van der Waals surface area contributed by atoms with Crippen molar-refractivity contribution in [1.29, 1.82) is 0 Å². The molecule has 1 atom stereocenters. The third-order valence-corrected chi connectivity index (χ3v) is 7.63. The molecule has 2 fully saturated rings. The number of likely N-dealkylation sites (tertiary alicyclic amines) is 1. The number of carbonyl (C=O) groups is 1. The lowest BCUT2D eigenvalue weighted by molar-refractivity contribution is -0.182. The van der Waals surface area contributed by atoms with Crippen LogP contribution >= 0.6 is 0 Å². The maximum Gasteiger partial charge on any atom is 0.410 e. The van der Waals surface area contributed by atoms with E-state index in [1.54, 1.807) is 4.90 Å². The lowest BCUT2D eigenvalue weighted by Gasteiger charge is -2.41. The van der Waals surface area contributed by atoms with Gasteiger partial charge in [0.2, 0.25) is 0 Å². The number of amides is 1. The molecule has 0 spiro atoms. The number of ether oxygens (including phenoxy) is 1. The number of nitrogens with zero attached hydrogens (tertiary/aromatic N) is 4. The number of piperidine rings is 1. The van der Waals surface area contributed by atoms with Crippen LogP contribution < -0.4 is 0 Å². The fourth-order valence-electron chi connectivity index (χ4n) is 5.76. The highest BCUT2D eigenvalue weighted by Crippen LogP contribution is 2.43. The number of halogens is 3. The van der Waals surface area contributed by atoms with Gasteiger partial charge in [-0.1, -0.05) is 6.92 Å². The number of hydrogen-bond acceptors (Lipinski definition) is 4. The third-order valence-electron chi connectivity index (χ3n) is 7.63. The Morgan fingerprint density at radius 3 is 2.40 bits per heavy atom. The van der Waals surface area contributed by atoms with Crippen molar-refractivity contribution in [2.24, 2.45) is 5.92 Å². The molecule has 0 aromatic carbocycles. The molecule has 0 unspecified atom stereocenters. The lowest BCUT2D eigenvalue weighted by atomic mass is 9.77. The topological polar surface area (TPSA) is 59.7 Å². The van der Waals surface area contributed by atoms with E-state index in [1.165, 1.54) is 0 Å². The number of carbonyl (C=O) groups excluding carboxylic acids is 1. The zero-order valence-electron chi connectivity index (χ0n) is 21.6. The molecule has 2 aromatic heterocycles. The molecule has 194 valence electrons. The van der Waals surface area contributed by atoms with Crippen molar-refractivity contribution in [2.75, 3.05) is 13.1 Å². The molecule has 6 nitrogen and oxygen atoms in total. The van der Waals surface area contributed by atoms with Crippen molar-refractivity contribution in [3.05, 3.63) is 28.7 Å². The van der Waals surface area contributed by atoms with Gasteiger partial charge in [-0.3, -0.25) is 0 Å². The number of alkyl halides is 3. The monoisotopic (exact) mass is 494 g/mol. The molecule has 1 saturated heterocycles. The predicted molar refractivity (Wildman–Crippen MR) is 128 cm³/mol. The Balaban J connectivity index is 1.65. The summed E-state index contributed by atoms with van der Waals surface area (Å²) in [5, 5.41) is 4.91. The van der Waals surface area contributed by atoms with E-state index in [9.17, 15) is 18.0 Å². The number of hydrogen-bond donors (Lipinski definition) is 0. The van der Waals surface area contributed by atoms with E-state index in [4.69, 9.17) is 14.8 Å². The highest BCUT2D eigenvalue weighted by atomic mass is 19.4. The number of aromatic nitrogens is 3. The Kier molecular flexibility index (Phi) is 6.60. The van der Waals surface area contributed by atoms with E-state index >= 15 is 0 Å². The lowest BCUT2D eigenvalue weighted by Crippen LogP contribution is -2.49. The van der Waals surface area contributed by atoms with E-state index in [0.717, 1.165) is 35.5 Å². The summed E-state index contributed by atoms with van der Waals surface area (Å²) >= 11 is 0. The van der Waals surface area contributed by atoms with Gasteiger partial charge in [0.15, 0.2) is 5.65 Å². The Morgan fingerprint density at radius 1 is 1.14 bits per heavy atom. The fraction of sp³-hybridized carbons (Fsp3) is 0.731. The molecule has 0 bridgehead atoms. The molecule has 2 aromatic rings.